The number of para-hydroxylation sites is 2. The third-order valence-electron chi connectivity index (χ3n) is 4.63. The number of aromatic nitrogens is 3. The van der Waals surface area contributed by atoms with Crippen LogP contribution in [0.1, 0.15) is 25.2 Å². The third-order valence-corrected chi connectivity index (χ3v) is 5.75. The predicted octanol–water partition coefficient (Wildman–Crippen LogP) is 4.04. The molecular weight excluding hydrogens is 396 g/mol. The Hall–Kier alpha value is -3.13. The molecule has 3 aromatic rings. The Bertz CT molecular complexity index is 998. The van der Waals surface area contributed by atoms with Crippen molar-refractivity contribution >= 4 is 40.9 Å². The number of nitrogens with zero attached hydrogens (tertiary/aromatic N) is 4. The first-order valence-corrected chi connectivity index (χ1v) is 10.8. The molecule has 1 atom stereocenters. The molecule has 3 rings (SSSR count). The van der Waals surface area contributed by atoms with Gasteiger partial charge < -0.3 is 16.0 Å². The molecule has 0 radical (unpaired) electrons. The van der Waals surface area contributed by atoms with E-state index in [1.165, 1.54) is 11.8 Å². The molecule has 30 heavy (non-hydrogen) atoms. The molecule has 0 fully saturated rings. The van der Waals surface area contributed by atoms with Crippen molar-refractivity contribution in [2.24, 2.45) is 0 Å². The fourth-order valence-electron chi connectivity index (χ4n) is 2.95. The van der Waals surface area contributed by atoms with Gasteiger partial charge in [-0.1, -0.05) is 43.3 Å². The van der Waals surface area contributed by atoms with Crippen LogP contribution < -0.4 is 16.0 Å². The second-order valence-electron chi connectivity index (χ2n) is 6.76. The highest BCUT2D eigenvalue weighted by molar-refractivity contribution is 7.99. The van der Waals surface area contributed by atoms with Gasteiger partial charge in [-0.2, -0.15) is 15.0 Å². The molecule has 0 saturated heterocycles. The van der Waals surface area contributed by atoms with Crippen LogP contribution in [0.5, 0.6) is 0 Å². The molecule has 1 heterocycles. The number of carbonyl (C=O) groups excluding carboxylic acids is 1. The lowest BCUT2D eigenvalue weighted by atomic mass is 10.1. The maximum Gasteiger partial charge on any atom is 0.239 e. The van der Waals surface area contributed by atoms with Gasteiger partial charge in [-0.15, -0.1) is 11.8 Å². The largest absolute Gasteiger partial charge is 0.368 e. The molecular formula is C22H26N6OS. The van der Waals surface area contributed by atoms with Crippen molar-refractivity contribution in [3.8, 4) is 0 Å². The van der Waals surface area contributed by atoms with Gasteiger partial charge in [-0.3, -0.25) is 4.79 Å². The van der Waals surface area contributed by atoms with E-state index in [1.54, 1.807) is 11.9 Å². The second kappa shape index (κ2) is 10.1. The van der Waals surface area contributed by atoms with E-state index in [1.807, 2.05) is 55.5 Å². The van der Waals surface area contributed by atoms with Gasteiger partial charge in [-0.05, 0) is 37.1 Å². The Morgan fingerprint density at radius 3 is 2.53 bits per heavy atom. The summed E-state index contributed by atoms with van der Waals surface area (Å²) >= 11 is 1.46. The molecule has 0 bridgehead atoms. The average Bonchev–Trinajstić information content (AvgIpc) is 2.77. The Balaban J connectivity index is 1.66. The number of rotatable bonds is 8. The Labute approximate surface area is 181 Å². The summed E-state index contributed by atoms with van der Waals surface area (Å²) in [6.07, 6.45) is 0.890. The van der Waals surface area contributed by atoms with E-state index in [4.69, 9.17) is 5.73 Å². The summed E-state index contributed by atoms with van der Waals surface area (Å²) in [6.45, 7) is 3.98. The van der Waals surface area contributed by atoms with Gasteiger partial charge in [0.25, 0.3) is 0 Å². The van der Waals surface area contributed by atoms with Crippen molar-refractivity contribution in [1.82, 2.24) is 15.0 Å². The summed E-state index contributed by atoms with van der Waals surface area (Å²) in [5.41, 5.74) is 8.85. The molecule has 0 aliphatic rings. The Kier molecular flexibility index (Phi) is 7.24. The standard InChI is InChI=1S/C22H26N6OS/c1-4-16-10-8-9-13-18(16)24-22-26-19(25-21(23)27-22)14-30-15(2)20(29)28(3)17-11-6-5-7-12-17/h5-13,15H,4,14H2,1-3H3,(H3,23,24,25,26,27). The molecule has 8 heteroatoms. The fourth-order valence-corrected chi connectivity index (χ4v) is 3.78. The first-order chi connectivity index (χ1) is 14.5. The number of aryl methyl sites for hydroxylation is 1. The van der Waals surface area contributed by atoms with E-state index in [-0.39, 0.29) is 17.1 Å². The zero-order valence-electron chi connectivity index (χ0n) is 17.4. The van der Waals surface area contributed by atoms with E-state index in [2.05, 4.69) is 33.3 Å². The van der Waals surface area contributed by atoms with Gasteiger partial charge in [-0.25, -0.2) is 0 Å². The number of benzene rings is 2. The Morgan fingerprint density at radius 2 is 1.80 bits per heavy atom. The monoisotopic (exact) mass is 422 g/mol. The lowest BCUT2D eigenvalue weighted by molar-refractivity contribution is -0.117. The fraction of sp³-hybridized carbons (Fsp3) is 0.273. The minimum Gasteiger partial charge on any atom is -0.368 e. The number of amides is 1. The summed E-state index contributed by atoms with van der Waals surface area (Å²) in [6, 6.07) is 17.6. The number of nitrogens with two attached hydrogens (primary N) is 1. The van der Waals surface area contributed by atoms with E-state index in [0.717, 1.165) is 23.4 Å². The molecule has 156 valence electrons. The molecule has 0 aliphatic carbocycles. The van der Waals surface area contributed by atoms with Crippen molar-refractivity contribution in [1.29, 1.82) is 0 Å². The SMILES string of the molecule is CCc1ccccc1Nc1nc(N)nc(CSC(C)C(=O)N(C)c2ccccc2)n1. The summed E-state index contributed by atoms with van der Waals surface area (Å²) in [7, 11) is 1.78. The van der Waals surface area contributed by atoms with Crippen LogP contribution in [0, 0.1) is 0 Å². The number of nitrogen functional groups attached to an aromatic ring is 1. The summed E-state index contributed by atoms with van der Waals surface area (Å²) in [4.78, 5) is 27.3. The molecule has 0 aliphatic heterocycles. The van der Waals surface area contributed by atoms with Gasteiger partial charge in [0.1, 0.15) is 5.82 Å². The zero-order valence-corrected chi connectivity index (χ0v) is 18.2. The zero-order chi connectivity index (χ0) is 21.5. The van der Waals surface area contributed by atoms with Crippen LogP contribution in [-0.4, -0.2) is 33.2 Å². The quantitative estimate of drug-likeness (QED) is 0.565. The van der Waals surface area contributed by atoms with Gasteiger partial charge in [0.2, 0.25) is 17.8 Å². The van der Waals surface area contributed by atoms with Crippen LogP contribution >= 0.6 is 11.8 Å². The average molecular weight is 423 g/mol. The number of hydrogen-bond donors (Lipinski definition) is 2. The normalized spacial score (nSPS) is 11.7. The van der Waals surface area contributed by atoms with Crippen LogP contribution in [0.15, 0.2) is 54.6 Å². The topological polar surface area (TPSA) is 97.0 Å². The minimum absolute atomic E-state index is 0.0171. The van der Waals surface area contributed by atoms with Crippen LogP contribution in [-0.2, 0) is 17.0 Å². The van der Waals surface area contributed by atoms with Crippen LogP contribution in [0.2, 0.25) is 0 Å². The van der Waals surface area contributed by atoms with Crippen LogP contribution in [0.3, 0.4) is 0 Å². The predicted molar refractivity (Wildman–Crippen MR) is 124 cm³/mol. The molecule has 3 N–H and O–H groups in total. The minimum atomic E-state index is -0.259. The van der Waals surface area contributed by atoms with Crippen molar-refractivity contribution in [2.45, 2.75) is 31.3 Å². The Morgan fingerprint density at radius 1 is 1.10 bits per heavy atom. The van der Waals surface area contributed by atoms with Crippen LogP contribution in [0.25, 0.3) is 0 Å². The van der Waals surface area contributed by atoms with E-state index in [0.29, 0.717) is 17.5 Å². The summed E-state index contributed by atoms with van der Waals surface area (Å²) in [5, 5.41) is 2.97. The van der Waals surface area contributed by atoms with E-state index >= 15 is 0 Å². The number of anilines is 4. The van der Waals surface area contributed by atoms with Crippen molar-refractivity contribution in [3.63, 3.8) is 0 Å². The molecule has 1 aromatic heterocycles. The maximum atomic E-state index is 12.7. The van der Waals surface area contributed by atoms with Crippen LogP contribution in [0.4, 0.5) is 23.3 Å². The van der Waals surface area contributed by atoms with Gasteiger partial charge in [0, 0.05) is 18.4 Å². The molecule has 0 spiro atoms. The highest BCUT2D eigenvalue weighted by atomic mass is 32.2. The number of carbonyl (C=O) groups is 1. The number of hydrogen-bond acceptors (Lipinski definition) is 7. The lowest BCUT2D eigenvalue weighted by Crippen LogP contribution is -2.33. The van der Waals surface area contributed by atoms with Crippen molar-refractivity contribution in [2.75, 3.05) is 23.0 Å². The molecule has 1 amide bonds. The number of nitrogens with one attached hydrogen (secondary N) is 1. The molecule has 1 unspecified atom stereocenters. The van der Waals surface area contributed by atoms with Gasteiger partial charge in [0.05, 0.1) is 11.0 Å². The van der Waals surface area contributed by atoms with Crippen molar-refractivity contribution in [3.05, 3.63) is 66.0 Å². The molecule has 7 nitrogen and oxygen atoms in total. The summed E-state index contributed by atoms with van der Waals surface area (Å²) < 4.78 is 0. The highest BCUT2D eigenvalue weighted by Crippen LogP contribution is 2.23. The first kappa shape index (κ1) is 21.6. The molecule has 0 saturated carbocycles. The van der Waals surface area contributed by atoms with E-state index < -0.39 is 0 Å². The smallest absolute Gasteiger partial charge is 0.239 e. The van der Waals surface area contributed by atoms with E-state index in [9.17, 15) is 4.79 Å². The third kappa shape index (κ3) is 5.48. The lowest BCUT2D eigenvalue weighted by Gasteiger charge is -2.21. The summed E-state index contributed by atoms with van der Waals surface area (Å²) in [5.74, 6) is 1.55. The maximum absolute atomic E-state index is 12.7. The van der Waals surface area contributed by atoms with Gasteiger partial charge >= 0.3 is 0 Å². The van der Waals surface area contributed by atoms with Gasteiger partial charge in [0.15, 0.2) is 0 Å². The second-order valence-corrected chi connectivity index (χ2v) is 8.08. The highest BCUT2D eigenvalue weighted by Gasteiger charge is 2.20. The van der Waals surface area contributed by atoms with Crippen molar-refractivity contribution < 1.29 is 4.79 Å². The molecule has 2 aromatic carbocycles. The number of thioether (sulfide) groups is 1. The first-order valence-electron chi connectivity index (χ1n) is 9.77.